The molecule has 46 valence electrons. The normalized spacial score (nSPS) is 9.11. The van der Waals surface area contributed by atoms with Crippen molar-refractivity contribution in [2.75, 3.05) is 0 Å². The summed E-state index contributed by atoms with van der Waals surface area (Å²) < 4.78 is 18.1. The van der Waals surface area contributed by atoms with Gasteiger partial charge in [-0.2, -0.15) is 0 Å². The largest absolute Gasteiger partial charge is 0.712 e. The maximum atomic E-state index is 8.72. The van der Waals surface area contributed by atoms with Crippen LogP contribution in [-0.4, -0.2) is 23.1 Å². The lowest BCUT2D eigenvalue weighted by molar-refractivity contribution is 0.426. The summed E-state index contributed by atoms with van der Waals surface area (Å²) in [7, 11) is 0. The number of benzene rings is 1. The fourth-order valence-corrected chi connectivity index (χ4v) is 1.19. The fraction of sp³-hybridized carbons (Fsp3) is 0. The van der Waals surface area contributed by atoms with Gasteiger partial charge in [0.25, 0.3) is 0 Å². The summed E-state index contributed by atoms with van der Waals surface area (Å²) in [6.45, 7) is 0. The van der Waals surface area contributed by atoms with Gasteiger partial charge in [0.2, 0.25) is 0 Å². The second-order valence-electron chi connectivity index (χ2n) is 1.78. The molecule has 0 unspecified atom stereocenters. The van der Waals surface area contributed by atoms with Gasteiger partial charge in [0.1, 0.15) is 0 Å². The van der Waals surface area contributed by atoms with Crippen molar-refractivity contribution in [3.63, 3.8) is 0 Å². The Hall–Kier alpha value is -0.328. The summed E-state index contributed by atoms with van der Waals surface area (Å²) in [5, 5.41) is 0. The average molecular weight is 138 g/mol. The van der Waals surface area contributed by atoms with Crippen molar-refractivity contribution in [2.45, 2.75) is 0 Å². The monoisotopic (exact) mass is 138 g/mol. The minimum atomic E-state index is -2.53. The van der Waals surface area contributed by atoms with Gasteiger partial charge in [-0.15, -0.1) is 0 Å². The molecule has 2 nitrogen and oxygen atoms in total. The first-order valence-corrected chi connectivity index (χ1v) is 4.33. The summed E-state index contributed by atoms with van der Waals surface area (Å²) in [6.07, 6.45) is 0. The molecule has 0 saturated carbocycles. The molecule has 1 rings (SSSR count). The molecule has 2 N–H and O–H groups in total. The molecular weight excluding hydrogens is 131 g/mol. The van der Waals surface area contributed by atoms with Crippen LogP contribution in [0.3, 0.4) is 0 Å². The van der Waals surface area contributed by atoms with Crippen LogP contribution in [0.1, 0.15) is 0 Å². The molecule has 0 radical (unpaired) electrons. The van der Waals surface area contributed by atoms with Gasteiger partial charge in [-0.3, -0.25) is 0 Å². The third kappa shape index (κ3) is 1.81. The zero-order chi connectivity index (χ0) is 6.69. The first-order chi connectivity index (χ1) is 4.30. The molecule has 0 aliphatic rings. The van der Waals surface area contributed by atoms with Crippen LogP contribution in [0.5, 0.6) is 0 Å². The van der Waals surface area contributed by atoms with Crippen LogP contribution in [0.15, 0.2) is 30.3 Å². The molecule has 0 heterocycles. The molecule has 9 heavy (non-hydrogen) atoms. The van der Waals surface area contributed by atoms with Crippen LogP contribution in [0.2, 0.25) is 0 Å². The first-order valence-electron chi connectivity index (χ1n) is 2.72. The number of hydrogen-bond donors (Lipinski definition) is 2. The molecular formula is C6H7AlO2. The van der Waals surface area contributed by atoms with Gasteiger partial charge in [-0.05, 0) is 4.43 Å². The molecule has 0 amide bonds. The molecule has 0 fully saturated rings. The van der Waals surface area contributed by atoms with Gasteiger partial charge >= 0.3 is 14.8 Å². The molecule has 0 spiro atoms. The first kappa shape index (κ1) is 6.79. The van der Waals surface area contributed by atoms with E-state index in [2.05, 4.69) is 0 Å². The number of rotatable bonds is 1. The Kier molecular flexibility index (Phi) is 2.26. The summed E-state index contributed by atoms with van der Waals surface area (Å²) in [4.78, 5) is 0. The van der Waals surface area contributed by atoms with E-state index in [1.165, 1.54) is 0 Å². The highest BCUT2D eigenvalue weighted by Gasteiger charge is 2.16. The fourth-order valence-electron chi connectivity index (χ4n) is 0.625. The maximum Gasteiger partial charge on any atom is 0.712 e. The highest BCUT2D eigenvalue weighted by Crippen LogP contribution is 1.82. The topological polar surface area (TPSA) is 40.5 Å². The summed E-state index contributed by atoms with van der Waals surface area (Å²) in [5.74, 6) is 0. The molecule has 0 aliphatic heterocycles. The van der Waals surface area contributed by atoms with Crippen LogP contribution in [0, 0.1) is 0 Å². The Morgan fingerprint density at radius 1 is 1.00 bits per heavy atom. The zero-order valence-corrected chi connectivity index (χ0v) is 6.01. The van der Waals surface area contributed by atoms with E-state index in [0.717, 1.165) is 0 Å². The van der Waals surface area contributed by atoms with Crippen LogP contribution in [0.4, 0.5) is 0 Å². The van der Waals surface area contributed by atoms with Crippen molar-refractivity contribution in [3.05, 3.63) is 30.3 Å². The van der Waals surface area contributed by atoms with E-state index in [1.807, 2.05) is 6.07 Å². The van der Waals surface area contributed by atoms with Crippen LogP contribution < -0.4 is 4.43 Å². The van der Waals surface area contributed by atoms with Crippen molar-refractivity contribution in [1.29, 1.82) is 0 Å². The minimum absolute atomic E-state index is 0.664. The second-order valence-corrected chi connectivity index (χ2v) is 3.20. The molecule has 1 aromatic carbocycles. The van der Waals surface area contributed by atoms with E-state index in [-0.39, 0.29) is 0 Å². The highest BCUT2D eigenvalue weighted by atomic mass is 27.2. The van der Waals surface area contributed by atoms with Crippen molar-refractivity contribution in [2.24, 2.45) is 0 Å². The Morgan fingerprint density at radius 3 is 1.89 bits per heavy atom. The highest BCUT2D eigenvalue weighted by molar-refractivity contribution is 6.58. The molecule has 0 aliphatic carbocycles. The van der Waals surface area contributed by atoms with E-state index < -0.39 is 14.8 Å². The van der Waals surface area contributed by atoms with Gasteiger partial charge in [0.05, 0.1) is 0 Å². The van der Waals surface area contributed by atoms with Gasteiger partial charge < -0.3 is 8.32 Å². The minimum Gasteiger partial charge on any atom is -0.490 e. The molecule has 0 atom stereocenters. The smallest absolute Gasteiger partial charge is 0.490 e. The lowest BCUT2D eigenvalue weighted by Crippen LogP contribution is -2.29. The molecule has 0 aromatic heterocycles. The maximum absolute atomic E-state index is 8.72. The van der Waals surface area contributed by atoms with Crippen LogP contribution in [-0.2, 0) is 0 Å². The second kappa shape index (κ2) is 3.00. The predicted octanol–water partition coefficient (Wildman–Crippen LogP) is -0.634. The lowest BCUT2D eigenvalue weighted by atomic mass is 10.4. The zero-order valence-electron chi connectivity index (χ0n) is 4.86. The third-order valence-corrected chi connectivity index (χ3v) is 2.08. The molecule has 0 saturated heterocycles. The van der Waals surface area contributed by atoms with E-state index in [9.17, 15) is 0 Å². The summed E-state index contributed by atoms with van der Waals surface area (Å²) in [6, 6.07) is 8.87. The van der Waals surface area contributed by atoms with Gasteiger partial charge in [-0.25, -0.2) is 0 Å². The number of hydrogen-bond acceptors (Lipinski definition) is 2. The predicted molar refractivity (Wildman–Crippen MR) is 36.3 cm³/mol. The van der Waals surface area contributed by atoms with E-state index in [4.69, 9.17) is 8.32 Å². The van der Waals surface area contributed by atoms with Crippen molar-refractivity contribution in [1.82, 2.24) is 0 Å². The van der Waals surface area contributed by atoms with Crippen LogP contribution in [0.25, 0.3) is 0 Å². The van der Waals surface area contributed by atoms with Crippen LogP contribution >= 0.6 is 0 Å². The summed E-state index contributed by atoms with van der Waals surface area (Å²) in [5.41, 5.74) is 0. The summed E-state index contributed by atoms with van der Waals surface area (Å²) >= 11 is -2.53. The van der Waals surface area contributed by atoms with Gasteiger partial charge in [0, 0.05) is 0 Å². The Labute approximate surface area is 58.4 Å². The van der Waals surface area contributed by atoms with Crippen molar-refractivity contribution >= 4 is 19.2 Å². The van der Waals surface area contributed by atoms with Gasteiger partial charge in [-0.1, -0.05) is 30.3 Å². The molecule has 0 bridgehead atoms. The average Bonchev–Trinajstić information content (AvgIpc) is 1.90. The molecule has 3 heteroatoms. The Morgan fingerprint density at radius 2 is 1.56 bits per heavy atom. The standard InChI is InChI=1S/C6H5.Al.2H2O/c1-2-4-6-5-3-1;;;/h1-5H;;2*1H2/q;+2;;/p-2. The SMILES string of the molecule is [OH][Al]([OH])[c]1ccccc1. The third-order valence-electron chi connectivity index (χ3n) is 1.10. The van der Waals surface area contributed by atoms with Crippen molar-refractivity contribution < 1.29 is 8.32 Å². The van der Waals surface area contributed by atoms with E-state index in [0.29, 0.717) is 4.43 Å². The molecule has 1 aromatic rings. The Balaban J connectivity index is 2.85. The quantitative estimate of drug-likeness (QED) is 0.507. The van der Waals surface area contributed by atoms with E-state index >= 15 is 0 Å². The lowest BCUT2D eigenvalue weighted by Gasteiger charge is -1.92. The van der Waals surface area contributed by atoms with Gasteiger partial charge in [0.15, 0.2) is 0 Å². The van der Waals surface area contributed by atoms with E-state index in [1.54, 1.807) is 24.3 Å². The van der Waals surface area contributed by atoms with Crippen molar-refractivity contribution in [3.8, 4) is 0 Å². The Bertz CT molecular complexity index is 174.